The monoisotopic (exact) mass is 459 g/mol. The summed E-state index contributed by atoms with van der Waals surface area (Å²) in [6.07, 6.45) is 0. The van der Waals surface area contributed by atoms with Gasteiger partial charge in [0.25, 0.3) is 0 Å². The number of fused-ring (bicyclic) bond motifs is 3. The number of rotatable bonds is 5. The quantitative estimate of drug-likeness (QED) is 0.388. The maximum absolute atomic E-state index is 13.4. The summed E-state index contributed by atoms with van der Waals surface area (Å²) in [6.45, 7) is 2.05. The molecule has 6 nitrogen and oxygen atoms in total. The Bertz CT molecular complexity index is 1380. The third-order valence-electron chi connectivity index (χ3n) is 5.71. The average molecular weight is 460 g/mol. The molecule has 0 fully saturated rings. The summed E-state index contributed by atoms with van der Waals surface area (Å²) in [4.78, 5) is 18.3. The Labute approximate surface area is 196 Å². The molecule has 0 spiro atoms. The van der Waals surface area contributed by atoms with E-state index in [-0.39, 0.29) is 6.61 Å². The highest BCUT2D eigenvalue weighted by Gasteiger charge is 2.37. The minimum Gasteiger partial charge on any atom is -0.497 e. The number of imidazole rings is 1. The molecule has 3 aromatic carbocycles. The van der Waals surface area contributed by atoms with E-state index < -0.39 is 12.0 Å². The van der Waals surface area contributed by atoms with E-state index in [2.05, 4.69) is 5.32 Å². The van der Waals surface area contributed by atoms with Crippen LogP contribution in [0.1, 0.15) is 24.1 Å². The number of ether oxygens (including phenoxy) is 2. The molecule has 1 aliphatic heterocycles. The van der Waals surface area contributed by atoms with Gasteiger partial charge in [-0.3, -0.25) is 4.57 Å². The number of carbonyl (C=O) groups excluding carboxylic acids is 1. The Kier molecular flexibility index (Phi) is 5.52. The maximum Gasteiger partial charge on any atom is 0.338 e. The van der Waals surface area contributed by atoms with Gasteiger partial charge in [0, 0.05) is 5.02 Å². The van der Waals surface area contributed by atoms with Gasteiger partial charge < -0.3 is 14.8 Å². The third-order valence-corrected chi connectivity index (χ3v) is 6.05. The predicted molar refractivity (Wildman–Crippen MR) is 129 cm³/mol. The lowest BCUT2D eigenvalue weighted by Crippen LogP contribution is -2.29. The second kappa shape index (κ2) is 8.64. The van der Waals surface area contributed by atoms with Crippen LogP contribution in [0.15, 0.2) is 78.4 Å². The molecule has 0 bridgehead atoms. The SMILES string of the molecule is CCOC(=O)C1=C(c2ccc(OC)cc2)Nc2nc3ccccc3n2[C@H]1c1ccccc1Cl. The number of aromatic nitrogens is 2. The summed E-state index contributed by atoms with van der Waals surface area (Å²) < 4.78 is 12.9. The van der Waals surface area contributed by atoms with Crippen LogP contribution in [0.5, 0.6) is 5.75 Å². The van der Waals surface area contributed by atoms with Crippen LogP contribution in [0.25, 0.3) is 16.7 Å². The van der Waals surface area contributed by atoms with Crippen LogP contribution in [-0.4, -0.2) is 29.2 Å². The number of carbonyl (C=O) groups is 1. The van der Waals surface area contributed by atoms with Crippen molar-refractivity contribution in [3.05, 3.63) is 94.5 Å². The second-order valence-corrected chi connectivity index (χ2v) is 7.99. The topological polar surface area (TPSA) is 65.4 Å². The number of halogens is 1. The van der Waals surface area contributed by atoms with Crippen molar-refractivity contribution >= 4 is 40.2 Å². The zero-order chi connectivity index (χ0) is 22.9. The zero-order valence-electron chi connectivity index (χ0n) is 18.2. The first-order valence-corrected chi connectivity index (χ1v) is 11.0. The number of hydrogen-bond donors (Lipinski definition) is 1. The standard InChI is InChI=1S/C26H22ClN3O3/c1-3-33-25(31)22-23(16-12-14-17(32-2)15-13-16)29-26-28-20-10-6-7-11-21(20)30(26)24(22)18-8-4-5-9-19(18)27/h4-15,24H,3H2,1-2H3,(H,28,29)/t24-/m0/s1. The fourth-order valence-electron chi connectivity index (χ4n) is 4.24. The Morgan fingerprint density at radius 1 is 1.06 bits per heavy atom. The summed E-state index contributed by atoms with van der Waals surface area (Å²) in [5.41, 5.74) is 4.40. The van der Waals surface area contributed by atoms with Crippen LogP contribution in [-0.2, 0) is 9.53 Å². The first kappa shape index (κ1) is 21.1. The van der Waals surface area contributed by atoms with Crippen molar-refractivity contribution in [3.63, 3.8) is 0 Å². The lowest BCUT2D eigenvalue weighted by atomic mass is 9.92. The Balaban J connectivity index is 1.83. The summed E-state index contributed by atoms with van der Waals surface area (Å²) >= 11 is 6.68. The molecule has 0 saturated heterocycles. The van der Waals surface area contributed by atoms with Gasteiger partial charge in [-0.1, -0.05) is 41.9 Å². The van der Waals surface area contributed by atoms with Gasteiger partial charge in [0.15, 0.2) is 0 Å². The number of nitrogens with zero attached hydrogens (tertiary/aromatic N) is 2. The van der Waals surface area contributed by atoms with Gasteiger partial charge in [-0.05, 0) is 60.5 Å². The summed E-state index contributed by atoms with van der Waals surface area (Å²) in [5.74, 6) is 0.937. The molecule has 1 N–H and O–H groups in total. The Hall–Kier alpha value is -3.77. The van der Waals surface area contributed by atoms with Crippen LogP contribution < -0.4 is 10.1 Å². The molecular formula is C26H22ClN3O3. The smallest absolute Gasteiger partial charge is 0.338 e. The van der Waals surface area contributed by atoms with E-state index in [1.54, 1.807) is 14.0 Å². The lowest BCUT2D eigenvalue weighted by molar-refractivity contribution is -0.138. The molecule has 0 saturated carbocycles. The molecule has 1 aromatic heterocycles. The van der Waals surface area contributed by atoms with Gasteiger partial charge in [-0.2, -0.15) is 0 Å². The lowest BCUT2D eigenvalue weighted by Gasteiger charge is -2.32. The molecule has 7 heteroatoms. The van der Waals surface area contributed by atoms with E-state index in [9.17, 15) is 4.79 Å². The minimum atomic E-state index is -0.529. The first-order valence-electron chi connectivity index (χ1n) is 10.7. The Morgan fingerprint density at radius 3 is 2.52 bits per heavy atom. The zero-order valence-corrected chi connectivity index (χ0v) is 19.0. The van der Waals surface area contributed by atoms with E-state index in [0.717, 1.165) is 27.9 Å². The molecule has 0 unspecified atom stereocenters. The van der Waals surface area contributed by atoms with Gasteiger partial charge in [0.05, 0.1) is 42.1 Å². The molecule has 5 rings (SSSR count). The van der Waals surface area contributed by atoms with E-state index in [1.165, 1.54) is 0 Å². The van der Waals surface area contributed by atoms with E-state index in [1.807, 2.05) is 77.4 Å². The third kappa shape index (κ3) is 3.62. The van der Waals surface area contributed by atoms with Crippen molar-refractivity contribution in [2.24, 2.45) is 0 Å². The fraction of sp³-hybridized carbons (Fsp3) is 0.154. The number of esters is 1. The van der Waals surface area contributed by atoms with Gasteiger partial charge >= 0.3 is 5.97 Å². The molecule has 1 atom stereocenters. The molecule has 1 aliphatic rings. The van der Waals surface area contributed by atoms with Crippen molar-refractivity contribution in [2.75, 3.05) is 19.0 Å². The fourth-order valence-corrected chi connectivity index (χ4v) is 4.48. The molecule has 33 heavy (non-hydrogen) atoms. The van der Waals surface area contributed by atoms with Gasteiger partial charge in [0.2, 0.25) is 5.95 Å². The molecule has 0 amide bonds. The molecule has 0 radical (unpaired) electrons. The highest BCUT2D eigenvalue weighted by molar-refractivity contribution is 6.31. The second-order valence-electron chi connectivity index (χ2n) is 7.58. The van der Waals surface area contributed by atoms with Crippen LogP contribution >= 0.6 is 11.6 Å². The summed E-state index contributed by atoms with van der Waals surface area (Å²) in [7, 11) is 1.62. The van der Waals surface area contributed by atoms with Gasteiger partial charge in [-0.15, -0.1) is 0 Å². The molecule has 166 valence electrons. The van der Waals surface area contributed by atoms with Gasteiger partial charge in [0.1, 0.15) is 5.75 Å². The van der Waals surface area contributed by atoms with Crippen molar-refractivity contribution in [1.82, 2.24) is 9.55 Å². The average Bonchev–Trinajstić information content (AvgIpc) is 3.22. The first-order chi connectivity index (χ1) is 16.1. The molecule has 4 aromatic rings. The van der Waals surface area contributed by atoms with Crippen LogP contribution in [0.3, 0.4) is 0 Å². The number of benzene rings is 3. The number of nitrogens with one attached hydrogen (secondary N) is 1. The predicted octanol–water partition coefficient (Wildman–Crippen LogP) is 5.69. The number of anilines is 1. The van der Waals surface area contributed by atoms with Crippen molar-refractivity contribution in [1.29, 1.82) is 0 Å². The minimum absolute atomic E-state index is 0.255. The normalized spacial score (nSPS) is 15.2. The highest BCUT2D eigenvalue weighted by atomic mass is 35.5. The van der Waals surface area contributed by atoms with Crippen molar-refractivity contribution < 1.29 is 14.3 Å². The summed E-state index contributed by atoms with van der Waals surface area (Å²) in [5, 5.41) is 3.95. The molecule has 2 heterocycles. The van der Waals surface area contributed by atoms with Crippen LogP contribution in [0.2, 0.25) is 5.02 Å². The number of methoxy groups -OCH3 is 1. The van der Waals surface area contributed by atoms with E-state index in [0.29, 0.717) is 22.2 Å². The highest BCUT2D eigenvalue weighted by Crippen LogP contribution is 2.44. The van der Waals surface area contributed by atoms with E-state index in [4.69, 9.17) is 26.1 Å². The van der Waals surface area contributed by atoms with Crippen LogP contribution in [0.4, 0.5) is 5.95 Å². The molecule has 0 aliphatic carbocycles. The van der Waals surface area contributed by atoms with Gasteiger partial charge in [-0.25, -0.2) is 9.78 Å². The van der Waals surface area contributed by atoms with E-state index >= 15 is 0 Å². The Morgan fingerprint density at radius 2 is 1.79 bits per heavy atom. The van der Waals surface area contributed by atoms with Crippen molar-refractivity contribution in [3.8, 4) is 5.75 Å². The molecular weight excluding hydrogens is 438 g/mol. The van der Waals surface area contributed by atoms with Crippen LogP contribution in [0, 0.1) is 0 Å². The largest absolute Gasteiger partial charge is 0.497 e. The summed E-state index contributed by atoms with van der Waals surface area (Å²) in [6, 6.07) is 22.4. The maximum atomic E-state index is 13.4. The van der Waals surface area contributed by atoms with Crippen molar-refractivity contribution in [2.45, 2.75) is 13.0 Å². The number of hydrogen-bond acceptors (Lipinski definition) is 5. The number of para-hydroxylation sites is 2.